The molecule has 4 rings (SSSR count). The summed E-state index contributed by atoms with van der Waals surface area (Å²) in [7, 11) is 0. The van der Waals surface area contributed by atoms with Crippen molar-refractivity contribution in [1.29, 1.82) is 0 Å². The highest BCUT2D eigenvalue weighted by Gasteiger charge is 2.32. The van der Waals surface area contributed by atoms with Gasteiger partial charge in [-0.2, -0.15) is 4.98 Å². The Bertz CT molecular complexity index is 1000. The van der Waals surface area contributed by atoms with E-state index in [9.17, 15) is 14.9 Å². The zero-order chi connectivity index (χ0) is 20.2. The molecule has 1 aliphatic heterocycles. The summed E-state index contributed by atoms with van der Waals surface area (Å²) in [5.74, 6) is 0.588. The molecular formula is C18H18N6O5. The fourth-order valence-electron chi connectivity index (χ4n) is 3.23. The number of benzene rings is 1. The third kappa shape index (κ3) is 4.08. The first-order valence-electron chi connectivity index (χ1n) is 9.13. The summed E-state index contributed by atoms with van der Waals surface area (Å²) in [5.41, 5.74) is 0.177. The number of hydrogen-bond acceptors (Lipinski definition) is 8. The van der Waals surface area contributed by atoms with Crippen LogP contribution in [0, 0.1) is 10.1 Å². The van der Waals surface area contributed by atoms with Crippen molar-refractivity contribution in [1.82, 2.24) is 25.2 Å². The standard InChI is InChI=1S/C18H18N6O5/c25-16(11-28-12-6-2-1-3-7-12)23-9-5-4-8-14(23)17-19-18(29-22-17)13-10-15(21-20-13)24(26)27/h1-3,6-7,10,14H,4-5,8-9,11H2,(H,20,21)/t14-/m1/s1. The Morgan fingerprint density at radius 2 is 2.17 bits per heavy atom. The molecule has 150 valence electrons. The van der Waals surface area contributed by atoms with Crippen molar-refractivity contribution in [3.8, 4) is 17.3 Å². The normalized spacial score (nSPS) is 16.6. The van der Waals surface area contributed by atoms with E-state index in [0.29, 0.717) is 24.5 Å². The molecule has 29 heavy (non-hydrogen) atoms. The molecular weight excluding hydrogens is 380 g/mol. The highest BCUT2D eigenvalue weighted by Crippen LogP contribution is 2.31. The average molecular weight is 398 g/mol. The predicted octanol–water partition coefficient (Wildman–Crippen LogP) is 2.50. The number of amides is 1. The van der Waals surface area contributed by atoms with Crippen LogP contribution in [-0.2, 0) is 4.79 Å². The Hall–Kier alpha value is -3.76. The second kappa shape index (κ2) is 8.09. The third-order valence-electron chi connectivity index (χ3n) is 4.65. The van der Waals surface area contributed by atoms with Gasteiger partial charge in [-0.05, 0) is 36.3 Å². The van der Waals surface area contributed by atoms with E-state index in [2.05, 4.69) is 20.3 Å². The Kier molecular flexibility index (Phi) is 5.18. The molecule has 1 amide bonds. The number of nitrogens with zero attached hydrogens (tertiary/aromatic N) is 5. The van der Waals surface area contributed by atoms with E-state index in [4.69, 9.17) is 9.26 Å². The molecule has 1 atom stereocenters. The molecule has 1 N–H and O–H groups in total. The molecule has 1 aliphatic rings. The van der Waals surface area contributed by atoms with Gasteiger partial charge in [0.05, 0.1) is 12.1 Å². The Balaban J connectivity index is 1.47. The maximum atomic E-state index is 12.7. The molecule has 1 saturated heterocycles. The molecule has 3 aromatic rings. The van der Waals surface area contributed by atoms with Gasteiger partial charge < -0.3 is 24.3 Å². The van der Waals surface area contributed by atoms with Gasteiger partial charge in [-0.15, -0.1) is 5.10 Å². The first-order valence-corrected chi connectivity index (χ1v) is 9.13. The zero-order valence-corrected chi connectivity index (χ0v) is 15.4. The highest BCUT2D eigenvalue weighted by atomic mass is 16.6. The minimum Gasteiger partial charge on any atom is -0.484 e. The number of nitro groups is 1. The smallest absolute Gasteiger partial charge is 0.343 e. The molecule has 0 unspecified atom stereocenters. The summed E-state index contributed by atoms with van der Waals surface area (Å²) >= 11 is 0. The van der Waals surface area contributed by atoms with E-state index in [-0.39, 0.29) is 36.0 Å². The highest BCUT2D eigenvalue weighted by molar-refractivity contribution is 5.78. The van der Waals surface area contributed by atoms with Gasteiger partial charge in [0.15, 0.2) is 18.1 Å². The second-order valence-electron chi connectivity index (χ2n) is 6.55. The van der Waals surface area contributed by atoms with Crippen molar-refractivity contribution in [3.05, 3.63) is 52.3 Å². The van der Waals surface area contributed by atoms with Crippen LogP contribution in [0.1, 0.15) is 31.1 Å². The number of nitrogens with one attached hydrogen (secondary N) is 1. The maximum Gasteiger partial charge on any atom is 0.343 e. The first-order chi connectivity index (χ1) is 14.1. The van der Waals surface area contributed by atoms with Gasteiger partial charge >= 0.3 is 5.82 Å². The van der Waals surface area contributed by atoms with Crippen LogP contribution in [0.5, 0.6) is 5.75 Å². The quantitative estimate of drug-likeness (QED) is 0.493. The van der Waals surface area contributed by atoms with E-state index in [1.54, 1.807) is 17.0 Å². The summed E-state index contributed by atoms with van der Waals surface area (Å²) < 4.78 is 10.8. The number of carbonyl (C=O) groups is 1. The van der Waals surface area contributed by atoms with Crippen molar-refractivity contribution < 1.29 is 19.0 Å². The summed E-state index contributed by atoms with van der Waals surface area (Å²) in [6.07, 6.45) is 2.49. The lowest BCUT2D eigenvalue weighted by Gasteiger charge is -2.33. The van der Waals surface area contributed by atoms with Crippen molar-refractivity contribution in [2.75, 3.05) is 13.2 Å². The number of rotatable bonds is 6. The van der Waals surface area contributed by atoms with Crippen LogP contribution in [0.3, 0.4) is 0 Å². The molecule has 0 saturated carbocycles. The van der Waals surface area contributed by atoms with E-state index < -0.39 is 4.92 Å². The summed E-state index contributed by atoms with van der Waals surface area (Å²) in [6, 6.07) is 9.99. The molecule has 11 nitrogen and oxygen atoms in total. The van der Waals surface area contributed by atoms with Gasteiger partial charge in [-0.3, -0.25) is 4.79 Å². The molecule has 1 fully saturated rings. The van der Waals surface area contributed by atoms with Crippen molar-refractivity contribution in [2.24, 2.45) is 0 Å². The minimum atomic E-state index is -0.595. The predicted molar refractivity (Wildman–Crippen MR) is 98.8 cm³/mol. The van der Waals surface area contributed by atoms with Crippen LogP contribution < -0.4 is 4.74 Å². The lowest BCUT2D eigenvalue weighted by molar-refractivity contribution is -0.389. The third-order valence-corrected chi connectivity index (χ3v) is 4.65. The first kappa shape index (κ1) is 18.6. The minimum absolute atomic E-state index is 0.0582. The lowest BCUT2D eigenvalue weighted by atomic mass is 10.0. The van der Waals surface area contributed by atoms with Crippen LogP contribution in [0.25, 0.3) is 11.6 Å². The van der Waals surface area contributed by atoms with E-state index in [1.807, 2.05) is 18.2 Å². The van der Waals surface area contributed by atoms with Crippen LogP contribution >= 0.6 is 0 Å². The van der Waals surface area contributed by atoms with E-state index in [0.717, 1.165) is 12.8 Å². The summed E-state index contributed by atoms with van der Waals surface area (Å²) in [5, 5.41) is 20.9. The molecule has 0 bridgehead atoms. The molecule has 2 aromatic heterocycles. The van der Waals surface area contributed by atoms with Gasteiger partial charge in [-0.1, -0.05) is 28.5 Å². The van der Waals surface area contributed by atoms with Crippen molar-refractivity contribution >= 4 is 11.7 Å². The van der Waals surface area contributed by atoms with Gasteiger partial charge in [0.25, 0.3) is 11.8 Å². The number of H-pyrrole nitrogens is 1. The number of carbonyl (C=O) groups excluding carboxylic acids is 1. The Labute approximate surface area is 164 Å². The average Bonchev–Trinajstić information content (AvgIpc) is 3.42. The van der Waals surface area contributed by atoms with Gasteiger partial charge in [0.2, 0.25) is 0 Å². The second-order valence-corrected chi connectivity index (χ2v) is 6.55. The molecule has 0 radical (unpaired) electrons. The van der Waals surface area contributed by atoms with Crippen LogP contribution in [0.4, 0.5) is 5.82 Å². The lowest BCUT2D eigenvalue weighted by Crippen LogP contribution is -2.41. The fourth-order valence-corrected chi connectivity index (χ4v) is 3.23. The fraction of sp³-hybridized carbons (Fsp3) is 0.333. The number of aromatic nitrogens is 4. The maximum absolute atomic E-state index is 12.7. The summed E-state index contributed by atoms with van der Waals surface area (Å²) in [4.78, 5) is 28.9. The van der Waals surface area contributed by atoms with Crippen LogP contribution in [-0.4, -0.2) is 49.2 Å². The van der Waals surface area contributed by atoms with E-state index in [1.165, 1.54) is 6.07 Å². The van der Waals surface area contributed by atoms with Crippen LogP contribution in [0.15, 0.2) is 40.9 Å². The van der Waals surface area contributed by atoms with Gasteiger partial charge in [0, 0.05) is 6.54 Å². The SMILES string of the molecule is O=C(COc1ccccc1)N1CCCC[C@@H]1c1noc(-c2cc([N+](=O)[O-])[nH]n2)n1. The van der Waals surface area contributed by atoms with Gasteiger partial charge in [0.1, 0.15) is 5.75 Å². The topological polar surface area (TPSA) is 140 Å². The van der Waals surface area contributed by atoms with Crippen molar-refractivity contribution in [2.45, 2.75) is 25.3 Å². The zero-order valence-electron chi connectivity index (χ0n) is 15.4. The number of aromatic amines is 1. The molecule has 3 heterocycles. The number of ether oxygens (including phenoxy) is 1. The summed E-state index contributed by atoms with van der Waals surface area (Å²) in [6.45, 7) is 0.482. The number of likely N-dealkylation sites (tertiary alicyclic amines) is 1. The van der Waals surface area contributed by atoms with E-state index >= 15 is 0 Å². The number of para-hydroxylation sites is 1. The Morgan fingerprint density at radius 1 is 1.34 bits per heavy atom. The van der Waals surface area contributed by atoms with Crippen LogP contribution in [0.2, 0.25) is 0 Å². The van der Waals surface area contributed by atoms with Gasteiger partial charge in [-0.25, -0.2) is 0 Å². The van der Waals surface area contributed by atoms with Crippen molar-refractivity contribution in [3.63, 3.8) is 0 Å². The number of hydrogen-bond donors (Lipinski definition) is 1. The monoisotopic (exact) mass is 398 g/mol. The Morgan fingerprint density at radius 3 is 2.93 bits per heavy atom. The number of piperidine rings is 1. The molecule has 0 spiro atoms. The molecule has 0 aliphatic carbocycles. The molecule has 11 heteroatoms. The molecule has 1 aromatic carbocycles. The largest absolute Gasteiger partial charge is 0.484 e.